The minimum Gasteiger partial charge on any atom is -0.343 e. The minimum absolute atomic E-state index is 0.961. The Morgan fingerprint density at radius 1 is 0.857 bits per heavy atom. The molecule has 0 saturated carbocycles. The van der Waals surface area contributed by atoms with Crippen LogP contribution in [0.2, 0.25) is 0 Å². The van der Waals surface area contributed by atoms with Crippen molar-refractivity contribution in [1.82, 2.24) is 0 Å². The van der Waals surface area contributed by atoms with E-state index in [-0.39, 0.29) is 0 Å². The van der Waals surface area contributed by atoms with Crippen LogP contribution >= 0.6 is 27.6 Å². The van der Waals surface area contributed by atoms with Gasteiger partial charge in [0, 0.05) is 0 Å². The topological polar surface area (TPSA) is 0 Å². The normalized spacial score (nSPS) is 10.5. The smallest absolute Gasteiger partial charge is 0.0533 e. The summed E-state index contributed by atoms with van der Waals surface area (Å²) in [5, 5.41) is 0. The number of hydrogen-bond donors (Lipinski definition) is 0. The van der Waals surface area contributed by atoms with E-state index < -0.39 is 24.7 Å². The number of hydrogen-bond acceptors (Lipinski definition) is 0. The zero-order chi connectivity index (χ0) is 11.2. The van der Waals surface area contributed by atoms with E-state index in [2.05, 4.69) is 41.5 Å². The monoisotopic (exact) mass is 536 g/mol. The van der Waals surface area contributed by atoms with Gasteiger partial charge in [0.05, 0.1) is 0 Å². The maximum Gasteiger partial charge on any atom is -0.0533 e. The SMILES string of the molecule is [Br][Gd]([Br])[Br].[CH2-]CCCCCCCCC. The average Bonchev–Trinajstić information content (AvgIpc) is 2.10. The van der Waals surface area contributed by atoms with Gasteiger partial charge in [0.15, 0.2) is 0 Å². The summed E-state index contributed by atoms with van der Waals surface area (Å²) in [6, 6.07) is 0. The Labute approximate surface area is 115 Å². The first-order valence-electron chi connectivity index (χ1n) is 5.11. The van der Waals surface area contributed by atoms with Crippen LogP contribution in [0, 0.1) is 31.7 Å². The molecule has 0 aromatic heterocycles. The molecule has 0 fully saturated rings. The summed E-state index contributed by atoms with van der Waals surface area (Å²) in [4.78, 5) is 0. The zero-order valence-corrected chi connectivity index (χ0v) is 15.9. The molecule has 14 heavy (non-hydrogen) atoms. The molecule has 0 unspecified atom stereocenters. The zero-order valence-electron chi connectivity index (χ0n) is 8.85. The van der Waals surface area contributed by atoms with Gasteiger partial charge in [-0.05, 0) is 0 Å². The molecule has 0 aliphatic carbocycles. The van der Waals surface area contributed by atoms with Crippen molar-refractivity contribution in [3.05, 3.63) is 6.92 Å². The summed E-state index contributed by atoms with van der Waals surface area (Å²) in [5.74, 6) is 0. The number of halogens is 3. The number of rotatable bonds is 7. The largest absolute Gasteiger partial charge is 0.343 e. The van der Waals surface area contributed by atoms with Gasteiger partial charge in [-0.1, -0.05) is 51.9 Å². The third-order valence-corrected chi connectivity index (χ3v) is 1.85. The molecule has 4 heteroatoms. The van der Waals surface area contributed by atoms with Gasteiger partial charge >= 0.3 is 52.4 Å². The molecule has 0 aliphatic rings. The molecular formula is C10H21Br3Gd-. The van der Waals surface area contributed by atoms with Crippen molar-refractivity contribution in [1.29, 1.82) is 0 Å². The average molecular weight is 538 g/mol. The predicted molar refractivity (Wildman–Crippen MR) is 74.7 cm³/mol. The molecule has 0 aliphatic heterocycles. The van der Waals surface area contributed by atoms with E-state index in [1.54, 1.807) is 0 Å². The van der Waals surface area contributed by atoms with Gasteiger partial charge in [-0.15, -0.1) is 0 Å². The molecule has 0 radical (unpaired) electrons. The van der Waals surface area contributed by atoms with E-state index in [9.17, 15) is 0 Å². The van der Waals surface area contributed by atoms with Crippen LogP contribution < -0.4 is 0 Å². The van der Waals surface area contributed by atoms with Crippen LogP contribution in [0.15, 0.2) is 0 Å². The van der Waals surface area contributed by atoms with E-state index in [1.807, 2.05) is 0 Å². The Kier molecular flexibility index (Phi) is 24.8. The van der Waals surface area contributed by atoms with Crippen molar-refractivity contribution in [2.45, 2.75) is 58.3 Å². The van der Waals surface area contributed by atoms with Gasteiger partial charge in [0.1, 0.15) is 0 Å². The van der Waals surface area contributed by atoms with Crippen LogP contribution in [0.4, 0.5) is 0 Å². The fourth-order valence-corrected chi connectivity index (χ4v) is 1.13. The third-order valence-electron chi connectivity index (χ3n) is 1.85. The van der Waals surface area contributed by atoms with Gasteiger partial charge in [-0.25, -0.2) is 0 Å². The van der Waals surface area contributed by atoms with Crippen LogP contribution in [-0.4, -0.2) is 0 Å². The van der Waals surface area contributed by atoms with Gasteiger partial charge in [-0.3, -0.25) is 0 Å². The van der Waals surface area contributed by atoms with Crippen LogP contribution in [0.5, 0.6) is 0 Å². The summed E-state index contributed by atoms with van der Waals surface area (Å²) in [6.07, 6.45) is 10.9. The predicted octanol–water partition coefficient (Wildman–Crippen LogP) is 6.50. The maximum absolute atomic E-state index is 3.82. The molecule has 0 amide bonds. The van der Waals surface area contributed by atoms with Gasteiger partial charge in [0.2, 0.25) is 0 Å². The van der Waals surface area contributed by atoms with Gasteiger partial charge in [-0.2, -0.15) is 6.42 Å². The van der Waals surface area contributed by atoms with E-state index >= 15 is 0 Å². The molecular weight excluding hydrogens is 517 g/mol. The first-order valence-corrected chi connectivity index (χ1v) is 20.2. The molecule has 0 saturated heterocycles. The molecule has 0 aromatic carbocycles. The molecule has 0 rings (SSSR count). The minimum atomic E-state index is -0.961. The second-order valence-electron chi connectivity index (χ2n) is 3.13. The van der Waals surface area contributed by atoms with E-state index in [0.29, 0.717) is 0 Å². The summed E-state index contributed by atoms with van der Waals surface area (Å²) >= 11 is -0.961. The Bertz CT molecular complexity index is 78.7. The molecule has 0 aromatic rings. The third kappa shape index (κ3) is 29.3. The summed E-state index contributed by atoms with van der Waals surface area (Å²) < 4.78 is 0. The Balaban J connectivity index is 0. The summed E-state index contributed by atoms with van der Waals surface area (Å²) in [7, 11) is 9.84. The molecule has 91 valence electrons. The molecule has 0 N–H and O–H groups in total. The second kappa shape index (κ2) is 18.1. The van der Waals surface area contributed by atoms with Gasteiger partial charge < -0.3 is 6.92 Å². The second-order valence-corrected chi connectivity index (χ2v) is 33.3. The van der Waals surface area contributed by atoms with Crippen molar-refractivity contribution in [3.8, 4) is 0 Å². The van der Waals surface area contributed by atoms with Crippen LogP contribution in [-0.2, 0) is 0 Å². The van der Waals surface area contributed by atoms with E-state index in [0.717, 1.165) is 6.42 Å². The molecule has 0 nitrogen and oxygen atoms in total. The van der Waals surface area contributed by atoms with Crippen molar-refractivity contribution in [2.75, 3.05) is 0 Å². The van der Waals surface area contributed by atoms with Crippen molar-refractivity contribution in [2.24, 2.45) is 0 Å². The van der Waals surface area contributed by atoms with E-state index in [4.69, 9.17) is 0 Å². The Morgan fingerprint density at radius 2 is 1.21 bits per heavy atom. The first kappa shape index (κ1) is 19.1. The van der Waals surface area contributed by atoms with Crippen LogP contribution in [0.1, 0.15) is 58.3 Å². The molecule has 0 spiro atoms. The maximum atomic E-state index is 3.82. The van der Waals surface area contributed by atoms with Gasteiger partial charge in [0.25, 0.3) is 0 Å². The first-order chi connectivity index (χ1) is 6.65. The van der Waals surface area contributed by atoms with Crippen LogP contribution in [0.25, 0.3) is 0 Å². The molecule has 0 heterocycles. The van der Waals surface area contributed by atoms with Crippen molar-refractivity contribution >= 4 is 27.6 Å². The Hall–Kier alpha value is 2.76. The van der Waals surface area contributed by atoms with E-state index in [1.165, 1.54) is 44.9 Å². The van der Waals surface area contributed by atoms with Crippen LogP contribution in [0.3, 0.4) is 0 Å². The summed E-state index contributed by atoms with van der Waals surface area (Å²) in [5.41, 5.74) is 0. The fraction of sp³-hybridized carbons (Fsp3) is 0.900. The molecule has 0 bridgehead atoms. The standard InChI is InChI=1S/C10H21.3BrH.Gd/c1-3-5-7-9-10-8-6-4-2;;;;/h1,3-10H2,2H3;3*1H;/q-1;;;;+3/p-3. The molecule has 0 atom stereocenters. The van der Waals surface area contributed by atoms with Crippen molar-refractivity contribution in [3.63, 3.8) is 0 Å². The Morgan fingerprint density at radius 3 is 1.57 bits per heavy atom. The van der Waals surface area contributed by atoms with Crippen molar-refractivity contribution < 1.29 is 24.7 Å². The summed E-state index contributed by atoms with van der Waals surface area (Å²) in [6.45, 7) is 6.08. The fourth-order valence-electron chi connectivity index (χ4n) is 1.13. The quantitative estimate of drug-likeness (QED) is 0.257. The number of unbranched alkanes of at least 4 members (excludes halogenated alkanes) is 7.